The Kier molecular flexibility index (Phi) is 8.45. The number of hydrogen-bond donors (Lipinski definition) is 0. The molecule has 1 aliphatic rings. The van der Waals surface area contributed by atoms with E-state index in [1.54, 1.807) is 34.1 Å². The van der Waals surface area contributed by atoms with Gasteiger partial charge in [-0.1, -0.05) is 22.0 Å². The van der Waals surface area contributed by atoms with Gasteiger partial charge in [0.1, 0.15) is 0 Å². The molecule has 0 saturated carbocycles. The number of piperazine rings is 1. The zero-order chi connectivity index (χ0) is 20.7. The SMILES string of the molecule is CCN(CC)C(=O)CCCC(=O)N1CCN(S(=O)(=O)c2cccc(Br)c2)CC1. The quantitative estimate of drug-likeness (QED) is 0.580. The molecule has 0 aromatic heterocycles. The molecular weight excluding hydrogens is 446 g/mol. The normalized spacial score (nSPS) is 15.5. The Balaban J connectivity index is 1.83. The molecule has 0 N–H and O–H groups in total. The summed E-state index contributed by atoms with van der Waals surface area (Å²) < 4.78 is 27.6. The highest BCUT2D eigenvalue weighted by molar-refractivity contribution is 9.10. The number of carbonyl (C=O) groups excluding carboxylic acids is 2. The van der Waals surface area contributed by atoms with Gasteiger partial charge in [-0.05, 0) is 38.5 Å². The molecule has 0 unspecified atom stereocenters. The molecule has 1 saturated heterocycles. The molecule has 156 valence electrons. The van der Waals surface area contributed by atoms with Crippen LogP contribution < -0.4 is 0 Å². The number of sulfonamides is 1. The van der Waals surface area contributed by atoms with E-state index in [0.29, 0.717) is 49.9 Å². The number of rotatable bonds is 8. The summed E-state index contributed by atoms with van der Waals surface area (Å²) in [5.41, 5.74) is 0. The van der Waals surface area contributed by atoms with Crippen molar-refractivity contribution in [3.05, 3.63) is 28.7 Å². The average Bonchev–Trinajstić information content (AvgIpc) is 2.69. The van der Waals surface area contributed by atoms with Gasteiger partial charge in [0.25, 0.3) is 0 Å². The first-order chi connectivity index (χ1) is 13.3. The molecule has 7 nitrogen and oxygen atoms in total. The van der Waals surface area contributed by atoms with Crippen LogP contribution in [0.1, 0.15) is 33.1 Å². The van der Waals surface area contributed by atoms with Gasteiger partial charge in [0.2, 0.25) is 21.8 Å². The van der Waals surface area contributed by atoms with Crippen molar-refractivity contribution in [1.29, 1.82) is 0 Å². The van der Waals surface area contributed by atoms with Gasteiger partial charge in [0.15, 0.2) is 0 Å². The highest BCUT2D eigenvalue weighted by Crippen LogP contribution is 2.21. The van der Waals surface area contributed by atoms with Gasteiger partial charge in [-0.3, -0.25) is 9.59 Å². The largest absolute Gasteiger partial charge is 0.343 e. The van der Waals surface area contributed by atoms with Crippen molar-refractivity contribution in [2.75, 3.05) is 39.3 Å². The Morgan fingerprint density at radius 1 is 1.07 bits per heavy atom. The van der Waals surface area contributed by atoms with Gasteiger partial charge in [0.05, 0.1) is 4.90 Å². The Morgan fingerprint density at radius 2 is 1.71 bits per heavy atom. The summed E-state index contributed by atoms with van der Waals surface area (Å²) in [6.45, 7) is 6.53. The van der Waals surface area contributed by atoms with E-state index in [2.05, 4.69) is 15.9 Å². The number of benzene rings is 1. The number of carbonyl (C=O) groups is 2. The van der Waals surface area contributed by atoms with Crippen LogP contribution in [-0.2, 0) is 19.6 Å². The van der Waals surface area contributed by atoms with E-state index in [-0.39, 0.29) is 29.8 Å². The molecule has 0 atom stereocenters. The summed E-state index contributed by atoms with van der Waals surface area (Å²) in [7, 11) is -3.56. The van der Waals surface area contributed by atoms with Crippen molar-refractivity contribution in [3.8, 4) is 0 Å². The van der Waals surface area contributed by atoms with E-state index in [9.17, 15) is 18.0 Å². The molecule has 2 amide bonds. The third kappa shape index (κ3) is 5.78. The third-order valence-corrected chi connectivity index (χ3v) is 7.31. The number of halogens is 1. The van der Waals surface area contributed by atoms with Crippen molar-refractivity contribution >= 4 is 37.8 Å². The maximum atomic E-state index is 12.7. The van der Waals surface area contributed by atoms with Gasteiger partial charge in [0, 0.05) is 56.6 Å². The Labute approximate surface area is 175 Å². The van der Waals surface area contributed by atoms with Crippen LogP contribution in [0.2, 0.25) is 0 Å². The van der Waals surface area contributed by atoms with Gasteiger partial charge in [-0.25, -0.2) is 8.42 Å². The van der Waals surface area contributed by atoms with Crippen LogP contribution in [0.25, 0.3) is 0 Å². The van der Waals surface area contributed by atoms with Crippen LogP contribution in [0, 0.1) is 0 Å². The van der Waals surface area contributed by atoms with Crippen molar-refractivity contribution in [2.45, 2.75) is 38.0 Å². The predicted octanol–water partition coefficient (Wildman–Crippen LogP) is 2.32. The zero-order valence-electron chi connectivity index (χ0n) is 16.4. The Bertz CT molecular complexity index is 788. The number of hydrogen-bond acceptors (Lipinski definition) is 4. The molecule has 1 fully saturated rings. The van der Waals surface area contributed by atoms with Crippen LogP contribution in [-0.4, -0.2) is 73.6 Å². The van der Waals surface area contributed by atoms with Crippen LogP contribution in [0.15, 0.2) is 33.6 Å². The predicted molar refractivity (Wildman–Crippen MR) is 111 cm³/mol. The minimum Gasteiger partial charge on any atom is -0.343 e. The fourth-order valence-corrected chi connectivity index (χ4v) is 5.26. The Morgan fingerprint density at radius 3 is 2.29 bits per heavy atom. The number of nitrogens with zero attached hydrogens (tertiary/aromatic N) is 3. The summed E-state index contributed by atoms with van der Waals surface area (Å²) in [4.78, 5) is 28.1. The standard InChI is InChI=1S/C19H28BrN3O4S/c1-3-21(4-2)18(24)9-6-10-19(25)22-11-13-23(14-12-22)28(26,27)17-8-5-7-16(20)15-17/h5,7-8,15H,3-4,6,9-14H2,1-2H3. The first kappa shape index (κ1) is 22.8. The second-order valence-electron chi connectivity index (χ2n) is 6.66. The molecule has 0 bridgehead atoms. The lowest BCUT2D eigenvalue weighted by Gasteiger charge is -2.34. The van der Waals surface area contributed by atoms with Crippen molar-refractivity contribution < 1.29 is 18.0 Å². The van der Waals surface area contributed by atoms with E-state index < -0.39 is 10.0 Å². The fourth-order valence-electron chi connectivity index (χ4n) is 3.24. The van der Waals surface area contributed by atoms with Gasteiger partial charge in [-0.2, -0.15) is 4.31 Å². The second-order valence-corrected chi connectivity index (χ2v) is 9.52. The van der Waals surface area contributed by atoms with Crippen molar-refractivity contribution in [2.24, 2.45) is 0 Å². The molecular formula is C19H28BrN3O4S. The minimum absolute atomic E-state index is 0.0214. The van der Waals surface area contributed by atoms with E-state index >= 15 is 0 Å². The molecule has 28 heavy (non-hydrogen) atoms. The molecule has 0 aliphatic carbocycles. The lowest BCUT2D eigenvalue weighted by atomic mass is 10.2. The molecule has 9 heteroatoms. The molecule has 1 aliphatic heterocycles. The summed E-state index contributed by atoms with van der Waals surface area (Å²) in [5.74, 6) is 0.0505. The van der Waals surface area contributed by atoms with Gasteiger partial charge in [-0.15, -0.1) is 0 Å². The average molecular weight is 474 g/mol. The second kappa shape index (κ2) is 10.4. The molecule has 1 aromatic rings. The minimum atomic E-state index is -3.56. The van der Waals surface area contributed by atoms with Crippen molar-refractivity contribution in [3.63, 3.8) is 0 Å². The van der Waals surface area contributed by atoms with Crippen LogP contribution in [0.3, 0.4) is 0 Å². The van der Waals surface area contributed by atoms with Gasteiger partial charge < -0.3 is 9.80 Å². The third-order valence-electron chi connectivity index (χ3n) is 4.92. The molecule has 1 heterocycles. The Hall–Kier alpha value is -1.45. The summed E-state index contributed by atoms with van der Waals surface area (Å²) in [6.07, 6.45) is 1.20. The first-order valence-corrected chi connectivity index (χ1v) is 11.8. The lowest BCUT2D eigenvalue weighted by Crippen LogP contribution is -2.50. The highest BCUT2D eigenvalue weighted by atomic mass is 79.9. The molecule has 0 spiro atoms. The first-order valence-electron chi connectivity index (χ1n) is 9.60. The maximum Gasteiger partial charge on any atom is 0.243 e. The summed E-state index contributed by atoms with van der Waals surface area (Å²) in [5, 5.41) is 0. The monoisotopic (exact) mass is 473 g/mol. The molecule has 2 rings (SSSR count). The summed E-state index contributed by atoms with van der Waals surface area (Å²) in [6, 6.07) is 6.63. The van der Waals surface area contributed by atoms with Crippen molar-refractivity contribution in [1.82, 2.24) is 14.1 Å². The lowest BCUT2D eigenvalue weighted by molar-refractivity contribution is -0.133. The van der Waals surface area contributed by atoms with Crippen LogP contribution in [0.5, 0.6) is 0 Å². The molecule has 1 aromatic carbocycles. The van der Waals surface area contributed by atoms with Crippen LogP contribution in [0.4, 0.5) is 0 Å². The van der Waals surface area contributed by atoms with E-state index in [1.165, 1.54) is 4.31 Å². The maximum absolute atomic E-state index is 12.7. The fraction of sp³-hybridized carbons (Fsp3) is 0.579. The smallest absolute Gasteiger partial charge is 0.243 e. The van der Waals surface area contributed by atoms with E-state index in [0.717, 1.165) is 0 Å². The number of amides is 2. The molecule has 0 radical (unpaired) electrons. The van der Waals surface area contributed by atoms with E-state index in [1.807, 2.05) is 13.8 Å². The highest BCUT2D eigenvalue weighted by Gasteiger charge is 2.30. The van der Waals surface area contributed by atoms with Crippen LogP contribution >= 0.6 is 15.9 Å². The van der Waals surface area contributed by atoms with E-state index in [4.69, 9.17) is 0 Å². The topological polar surface area (TPSA) is 78.0 Å². The van der Waals surface area contributed by atoms with Gasteiger partial charge >= 0.3 is 0 Å². The summed E-state index contributed by atoms with van der Waals surface area (Å²) >= 11 is 3.30. The zero-order valence-corrected chi connectivity index (χ0v) is 18.8.